The first-order valence-electron chi connectivity index (χ1n) is 8.16. The minimum Gasteiger partial charge on any atom is -0.381 e. The van der Waals surface area contributed by atoms with Crippen LogP contribution >= 0.6 is 0 Å². The van der Waals surface area contributed by atoms with Crippen molar-refractivity contribution >= 4 is 11.8 Å². The number of nitrogens with one attached hydrogen (secondary N) is 1. The molecule has 1 aromatic rings. The van der Waals surface area contributed by atoms with Crippen LogP contribution in [0.2, 0.25) is 0 Å². The molecular weight excluding hydrogens is 264 g/mol. The summed E-state index contributed by atoms with van der Waals surface area (Å²) >= 11 is 0. The van der Waals surface area contributed by atoms with Gasteiger partial charge in [0.1, 0.15) is 5.82 Å². The van der Waals surface area contributed by atoms with Crippen molar-refractivity contribution < 1.29 is 4.74 Å². The van der Waals surface area contributed by atoms with Gasteiger partial charge in [0, 0.05) is 44.1 Å². The van der Waals surface area contributed by atoms with Gasteiger partial charge < -0.3 is 15.0 Å². The monoisotopic (exact) mass is 290 g/mol. The van der Waals surface area contributed by atoms with E-state index in [0.29, 0.717) is 5.92 Å². The summed E-state index contributed by atoms with van der Waals surface area (Å²) in [5, 5.41) is 3.51. The Balaban J connectivity index is 1.64. The van der Waals surface area contributed by atoms with E-state index < -0.39 is 0 Å². The Labute approximate surface area is 127 Å². The van der Waals surface area contributed by atoms with Gasteiger partial charge >= 0.3 is 0 Å². The van der Waals surface area contributed by atoms with Crippen LogP contribution in [0.4, 0.5) is 11.8 Å². The topological polar surface area (TPSA) is 50.3 Å². The lowest BCUT2D eigenvalue weighted by Gasteiger charge is -2.19. The van der Waals surface area contributed by atoms with Crippen LogP contribution < -0.4 is 10.2 Å². The third kappa shape index (κ3) is 3.46. The van der Waals surface area contributed by atoms with Crippen molar-refractivity contribution in [3.05, 3.63) is 11.3 Å². The largest absolute Gasteiger partial charge is 0.381 e. The highest BCUT2D eigenvalue weighted by Crippen LogP contribution is 2.23. The molecule has 1 N–H and O–H groups in total. The minimum absolute atomic E-state index is 0.707. The summed E-state index contributed by atoms with van der Waals surface area (Å²) in [7, 11) is 0. The fourth-order valence-electron chi connectivity index (χ4n) is 3.05. The number of nitrogens with zero attached hydrogens (tertiary/aromatic N) is 3. The number of hydrogen-bond donors (Lipinski definition) is 1. The molecule has 1 unspecified atom stereocenters. The van der Waals surface area contributed by atoms with Gasteiger partial charge in [-0.25, -0.2) is 4.98 Å². The molecule has 5 nitrogen and oxygen atoms in total. The van der Waals surface area contributed by atoms with Gasteiger partial charge in [-0.15, -0.1) is 0 Å². The van der Waals surface area contributed by atoms with E-state index in [0.717, 1.165) is 56.7 Å². The maximum atomic E-state index is 5.43. The molecule has 0 amide bonds. The van der Waals surface area contributed by atoms with Crippen LogP contribution in [0.15, 0.2) is 0 Å². The molecule has 5 heteroatoms. The zero-order valence-electron chi connectivity index (χ0n) is 13.2. The van der Waals surface area contributed by atoms with E-state index in [9.17, 15) is 0 Å². The van der Waals surface area contributed by atoms with E-state index in [4.69, 9.17) is 9.72 Å². The Morgan fingerprint density at radius 1 is 1.24 bits per heavy atom. The molecule has 116 valence electrons. The van der Waals surface area contributed by atoms with Crippen molar-refractivity contribution in [2.75, 3.05) is 43.1 Å². The molecule has 2 aliphatic heterocycles. The molecule has 0 saturated carbocycles. The van der Waals surface area contributed by atoms with Gasteiger partial charge in [-0.2, -0.15) is 4.98 Å². The molecule has 0 aromatic carbocycles. The normalized spacial score (nSPS) is 22.0. The number of aryl methyl sites for hydroxylation is 1. The number of hydrogen-bond acceptors (Lipinski definition) is 5. The van der Waals surface area contributed by atoms with Crippen molar-refractivity contribution in [3.63, 3.8) is 0 Å². The van der Waals surface area contributed by atoms with E-state index in [1.807, 2.05) is 0 Å². The smallest absolute Gasteiger partial charge is 0.227 e. The molecule has 0 radical (unpaired) electrons. The van der Waals surface area contributed by atoms with Crippen LogP contribution in [-0.2, 0) is 4.74 Å². The van der Waals surface area contributed by atoms with Gasteiger partial charge in [-0.3, -0.25) is 0 Å². The molecule has 3 heterocycles. The Hall–Kier alpha value is -1.36. The SMILES string of the molecule is Cc1nc(N2CCCC2)nc(NCCC2CCOC2)c1C. The Bertz CT molecular complexity index is 479. The van der Waals surface area contributed by atoms with E-state index in [2.05, 4.69) is 29.0 Å². The highest BCUT2D eigenvalue weighted by atomic mass is 16.5. The van der Waals surface area contributed by atoms with Gasteiger partial charge in [0.15, 0.2) is 0 Å². The van der Waals surface area contributed by atoms with Crippen LogP contribution in [0, 0.1) is 19.8 Å². The van der Waals surface area contributed by atoms with E-state index in [-0.39, 0.29) is 0 Å². The summed E-state index contributed by atoms with van der Waals surface area (Å²) in [6.45, 7) is 9.15. The average molecular weight is 290 g/mol. The van der Waals surface area contributed by atoms with Crippen molar-refractivity contribution in [1.29, 1.82) is 0 Å². The Morgan fingerprint density at radius 3 is 2.76 bits per heavy atom. The molecule has 3 rings (SSSR count). The van der Waals surface area contributed by atoms with E-state index in [1.165, 1.54) is 24.8 Å². The molecule has 0 bridgehead atoms. The van der Waals surface area contributed by atoms with Crippen molar-refractivity contribution in [3.8, 4) is 0 Å². The van der Waals surface area contributed by atoms with Crippen molar-refractivity contribution in [1.82, 2.24) is 9.97 Å². The van der Waals surface area contributed by atoms with Crippen molar-refractivity contribution in [2.24, 2.45) is 5.92 Å². The second-order valence-corrected chi connectivity index (χ2v) is 6.22. The zero-order valence-corrected chi connectivity index (χ0v) is 13.2. The molecule has 2 saturated heterocycles. The fraction of sp³-hybridized carbons (Fsp3) is 0.750. The molecule has 0 spiro atoms. The third-order valence-electron chi connectivity index (χ3n) is 4.64. The predicted octanol–water partition coefficient (Wildman–Crippen LogP) is 2.53. The molecular formula is C16H26N4O. The summed E-state index contributed by atoms with van der Waals surface area (Å²) in [5.41, 5.74) is 2.25. The van der Waals surface area contributed by atoms with Gasteiger partial charge in [0.05, 0.1) is 0 Å². The minimum atomic E-state index is 0.707. The first-order valence-corrected chi connectivity index (χ1v) is 8.16. The molecule has 1 atom stereocenters. The van der Waals surface area contributed by atoms with Gasteiger partial charge in [0.2, 0.25) is 5.95 Å². The molecule has 2 aliphatic rings. The highest BCUT2D eigenvalue weighted by Gasteiger charge is 2.18. The summed E-state index contributed by atoms with van der Waals surface area (Å²) in [5.74, 6) is 2.60. The Morgan fingerprint density at radius 2 is 2.05 bits per heavy atom. The molecule has 21 heavy (non-hydrogen) atoms. The van der Waals surface area contributed by atoms with Crippen LogP contribution in [0.1, 0.15) is 36.9 Å². The van der Waals surface area contributed by atoms with Gasteiger partial charge in [-0.1, -0.05) is 0 Å². The lowest BCUT2D eigenvalue weighted by molar-refractivity contribution is 0.185. The number of aromatic nitrogens is 2. The average Bonchev–Trinajstić information content (AvgIpc) is 3.16. The second kappa shape index (κ2) is 6.60. The Kier molecular flexibility index (Phi) is 4.58. The lowest BCUT2D eigenvalue weighted by Crippen LogP contribution is -2.22. The predicted molar refractivity (Wildman–Crippen MR) is 85.0 cm³/mol. The van der Waals surface area contributed by atoms with E-state index in [1.54, 1.807) is 0 Å². The standard InChI is InChI=1S/C16H26N4O/c1-12-13(2)18-16(20-8-3-4-9-20)19-15(12)17-7-5-14-6-10-21-11-14/h14H,3-11H2,1-2H3,(H,17,18,19). The van der Waals surface area contributed by atoms with Crippen LogP contribution in [0.3, 0.4) is 0 Å². The first-order chi connectivity index (χ1) is 10.2. The number of rotatable bonds is 5. The summed E-state index contributed by atoms with van der Waals surface area (Å²) in [4.78, 5) is 11.7. The molecule has 1 aromatic heterocycles. The molecule has 0 aliphatic carbocycles. The summed E-state index contributed by atoms with van der Waals surface area (Å²) in [6, 6.07) is 0. The third-order valence-corrected chi connectivity index (χ3v) is 4.64. The fourth-order valence-corrected chi connectivity index (χ4v) is 3.05. The summed E-state index contributed by atoms with van der Waals surface area (Å²) < 4.78 is 5.43. The van der Waals surface area contributed by atoms with Crippen LogP contribution in [0.5, 0.6) is 0 Å². The lowest BCUT2D eigenvalue weighted by atomic mass is 10.1. The quantitative estimate of drug-likeness (QED) is 0.903. The van der Waals surface area contributed by atoms with E-state index >= 15 is 0 Å². The zero-order chi connectivity index (χ0) is 14.7. The molecule has 2 fully saturated rings. The number of anilines is 2. The van der Waals surface area contributed by atoms with Crippen LogP contribution in [-0.4, -0.2) is 42.8 Å². The first kappa shape index (κ1) is 14.6. The summed E-state index contributed by atoms with van der Waals surface area (Å²) in [6.07, 6.45) is 4.85. The maximum Gasteiger partial charge on any atom is 0.227 e. The highest BCUT2D eigenvalue weighted by molar-refractivity contribution is 5.50. The number of ether oxygens (including phenoxy) is 1. The maximum absolute atomic E-state index is 5.43. The van der Waals surface area contributed by atoms with Gasteiger partial charge in [0.25, 0.3) is 0 Å². The van der Waals surface area contributed by atoms with Gasteiger partial charge in [-0.05, 0) is 45.4 Å². The van der Waals surface area contributed by atoms with Crippen molar-refractivity contribution in [2.45, 2.75) is 39.5 Å². The second-order valence-electron chi connectivity index (χ2n) is 6.22. The van der Waals surface area contributed by atoms with Crippen LogP contribution in [0.25, 0.3) is 0 Å².